The van der Waals surface area contributed by atoms with E-state index in [1.807, 2.05) is 21.9 Å². The molecule has 2 aromatic heterocycles. The highest BCUT2D eigenvalue weighted by Gasteiger charge is 2.31. The van der Waals surface area contributed by atoms with E-state index >= 15 is 0 Å². The Morgan fingerprint density at radius 3 is 2.50 bits per heavy atom. The molecule has 7 nitrogen and oxygen atoms in total. The zero-order chi connectivity index (χ0) is 20.7. The molecule has 3 aromatic rings. The van der Waals surface area contributed by atoms with Crippen LogP contribution in [0, 0.1) is 11.6 Å². The second-order valence-corrected chi connectivity index (χ2v) is 7.14. The maximum atomic E-state index is 14.8. The van der Waals surface area contributed by atoms with Crippen LogP contribution in [0.3, 0.4) is 0 Å². The van der Waals surface area contributed by atoms with Crippen LogP contribution < -0.4 is 9.80 Å². The van der Waals surface area contributed by atoms with Gasteiger partial charge in [-0.1, -0.05) is 0 Å². The highest BCUT2D eigenvalue weighted by Crippen LogP contribution is 2.41. The standard InChI is InChI=1S/C21H19F2N5O2/c22-15-1-2-16(29)18(23)17(15)19-14-5-8-28(13-3-6-24-7-4-13)20(14)26-21(25-19)27-9-11-30-12-10-27/h1-4,6-7,29H,5,8-12H2. The van der Waals surface area contributed by atoms with Crippen molar-refractivity contribution in [1.82, 2.24) is 15.0 Å². The molecule has 30 heavy (non-hydrogen) atoms. The van der Waals surface area contributed by atoms with E-state index in [0.29, 0.717) is 56.6 Å². The molecule has 154 valence electrons. The molecule has 0 spiro atoms. The van der Waals surface area contributed by atoms with Gasteiger partial charge in [-0.05, 0) is 30.7 Å². The number of pyridine rings is 1. The lowest BCUT2D eigenvalue weighted by atomic mass is 10.0. The van der Waals surface area contributed by atoms with Gasteiger partial charge >= 0.3 is 0 Å². The van der Waals surface area contributed by atoms with Crippen molar-refractivity contribution < 1.29 is 18.6 Å². The van der Waals surface area contributed by atoms with Crippen molar-refractivity contribution in [3.63, 3.8) is 0 Å². The van der Waals surface area contributed by atoms with Crippen LogP contribution in [0.2, 0.25) is 0 Å². The van der Waals surface area contributed by atoms with E-state index < -0.39 is 17.4 Å². The quantitative estimate of drug-likeness (QED) is 0.710. The summed E-state index contributed by atoms with van der Waals surface area (Å²) in [5.41, 5.74) is 1.37. The molecule has 1 saturated heterocycles. The normalized spacial score (nSPS) is 16.1. The van der Waals surface area contributed by atoms with E-state index in [2.05, 4.69) is 9.97 Å². The third-order valence-electron chi connectivity index (χ3n) is 5.39. The number of fused-ring (bicyclic) bond motifs is 1. The van der Waals surface area contributed by atoms with Gasteiger partial charge in [-0.2, -0.15) is 4.98 Å². The number of phenols is 1. The largest absolute Gasteiger partial charge is 0.505 e. The number of aromatic nitrogens is 3. The molecule has 1 aromatic carbocycles. The molecule has 0 radical (unpaired) electrons. The Kier molecular flexibility index (Phi) is 4.66. The molecular formula is C21H19F2N5O2. The number of ether oxygens (including phenoxy) is 1. The number of phenolic OH excluding ortho intramolecular Hbond substituents is 1. The van der Waals surface area contributed by atoms with Crippen molar-refractivity contribution in [3.05, 3.63) is 53.9 Å². The fourth-order valence-corrected chi connectivity index (χ4v) is 3.89. The van der Waals surface area contributed by atoms with Gasteiger partial charge in [0, 0.05) is 43.3 Å². The first-order chi connectivity index (χ1) is 14.6. The SMILES string of the molecule is Oc1ccc(F)c(-c2nc(N3CCOCC3)nc3c2CCN3c2ccncc2)c1F. The van der Waals surface area contributed by atoms with Crippen molar-refractivity contribution in [1.29, 1.82) is 0 Å². The summed E-state index contributed by atoms with van der Waals surface area (Å²) in [6.45, 7) is 2.81. The minimum Gasteiger partial charge on any atom is -0.505 e. The van der Waals surface area contributed by atoms with Crippen molar-refractivity contribution in [2.45, 2.75) is 6.42 Å². The maximum absolute atomic E-state index is 14.8. The first-order valence-corrected chi connectivity index (χ1v) is 9.72. The number of benzene rings is 1. The second kappa shape index (κ2) is 7.49. The van der Waals surface area contributed by atoms with E-state index in [9.17, 15) is 13.9 Å². The minimum atomic E-state index is -1.02. The van der Waals surface area contributed by atoms with Crippen molar-refractivity contribution in [2.24, 2.45) is 0 Å². The lowest BCUT2D eigenvalue weighted by Gasteiger charge is -2.28. The molecule has 0 amide bonds. The number of halogens is 2. The molecule has 0 saturated carbocycles. The average Bonchev–Trinajstić information content (AvgIpc) is 3.22. The van der Waals surface area contributed by atoms with Gasteiger partial charge in [0.05, 0.1) is 24.5 Å². The van der Waals surface area contributed by atoms with Crippen LogP contribution in [0.5, 0.6) is 5.75 Å². The Morgan fingerprint density at radius 2 is 1.73 bits per heavy atom. The minimum absolute atomic E-state index is 0.170. The third kappa shape index (κ3) is 3.11. The first-order valence-electron chi connectivity index (χ1n) is 9.72. The van der Waals surface area contributed by atoms with E-state index in [1.165, 1.54) is 0 Å². The van der Waals surface area contributed by atoms with Crippen molar-refractivity contribution in [2.75, 3.05) is 42.6 Å². The third-order valence-corrected chi connectivity index (χ3v) is 5.39. The van der Waals surface area contributed by atoms with Gasteiger partial charge in [-0.25, -0.2) is 13.8 Å². The number of hydrogen-bond acceptors (Lipinski definition) is 7. The molecular weight excluding hydrogens is 392 g/mol. The molecule has 4 heterocycles. The fraction of sp³-hybridized carbons (Fsp3) is 0.286. The van der Waals surface area contributed by atoms with Gasteiger partial charge in [0.1, 0.15) is 11.6 Å². The van der Waals surface area contributed by atoms with Crippen LogP contribution in [0.25, 0.3) is 11.3 Å². The molecule has 0 aliphatic carbocycles. The molecule has 0 bridgehead atoms. The van der Waals surface area contributed by atoms with Crippen LogP contribution in [0.15, 0.2) is 36.7 Å². The van der Waals surface area contributed by atoms with Crippen LogP contribution in [-0.2, 0) is 11.2 Å². The van der Waals surface area contributed by atoms with Crippen LogP contribution in [-0.4, -0.2) is 52.9 Å². The van der Waals surface area contributed by atoms with E-state index in [4.69, 9.17) is 9.72 Å². The highest BCUT2D eigenvalue weighted by atomic mass is 19.1. The van der Waals surface area contributed by atoms with Crippen molar-refractivity contribution in [3.8, 4) is 17.0 Å². The Balaban J connectivity index is 1.71. The van der Waals surface area contributed by atoms with Gasteiger partial charge in [0.25, 0.3) is 0 Å². The van der Waals surface area contributed by atoms with Crippen LogP contribution in [0.4, 0.5) is 26.2 Å². The number of rotatable bonds is 3. The Morgan fingerprint density at radius 1 is 0.967 bits per heavy atom. The summed E-state index contributed by atoms with van der Waals surface area (Å²) < 4.78 is 34.9. The Labute approximate surface area is 171 Å². The summed E-state index contributed by atoms with van der Waals surface area (Å²) >= 11 is 0. The van der Waals surface area contributed by atoms with Crippen molar-refractivity contribution >= 4 is 17.5 Å². The zero-order valence-electron chi connectivity index (χ0n) is 16.1. The van der Waals surface area contributed by atoms with Gasteiger partial charge in [-0.15, -0.1) is 0 Å². The summed E-state index contributed by atoms with van der Waals surface area (Å²) in [5, 5.41) is 9.85. The summed E-state index contributed by atoms with van der Waals surface area (Å²) in [6, 6.07) is 5.77. The Hall–Kier alpha value is -3.33. The number of nitrogens with zero attached hydrogens (tertiary/aromatic N) is 5. The number of morpholine rings is 1. The summed E-state index contributed by atoms with van der Waals surface area (Å²) in [7, 11) is 0. The molecule has 1 fully saturated rings. The molecule has 2 aliphatic rings. The first kappa shape index (κ1) is 18.7. The summed E-state index contributed by atoms with van der Waals surface area (Å²) in [6.07, 6.45) is 3.89. The molecule has 0 atom stereocenters. The molecule has 1 N–H and O–H groups in total. The van der Waals surface area contributed by atoms with Crippen LogP contribution in [0.1, 0.15) is 5.56 Å². The van der Waals surface area contributed by atoms with E-state index in [0.717, 1.165) is 17.8 Å². The number of aromatic hydroxyl groups is 1. The average molecular weight is 411 g/mol. The highest BCUT2D eigenvalue weighted by molar-refractivity contribution is 5.78. The predicted molar refractivity (Wildman–Crippen MR) is 107 cm³/mol. The fourth-order valence-electron chi connectivity index (χ4n) is 3.89. The Bertz CT molecular complexity index is 1090. The maximum Gasteiger partial charge on any atom is 0.228 e. The van der Waals surface area contributed by atoms with E-state index in [-0.39, 0.29) is 11.3 Å². The van der Waals surface area contributed by atoms with Gasteiger partial charge < -0.3 is 19.6 Å². The molecule has 0 unspecified atom stereocenters. The van der Waals surface area contributed by atoms with E-state index in [1.54, 1.807) is 12.4 Å². The lowest BCUT2D eigenvalue weighted by Crippen LogP contribution is -2.37. The topological polar surface area (TPSA) is 74.6 Å². The van der Waals surface area contributed by atoms with Gasteiger partial charge in [-0.3, -0.25) is 4.98 Å². The molecule has 5 rings (SSSR count). The van der Waals surface area contributed by atoms with Gasteiger partial charge in [0.15, 0.2) is 11.6 Å². The monoisotopic (exact) mass is 411 g/mol. The van der Waals surface area contributed by atoms with Crippen LogP contribution >= 0.6 is 0 Å². The zero-order valence-corrected chi connectivity index (χ0v) is 16.1. The predicted octanol–water partition coefficient (Wildman–Crippen LogP) is 3.05. The molecule has 9 heteroatoms. The molecule has 2 aliphatic heterocycles. The summed E-state index contributed by atoms with van der Waals surface area (Å²) in [4.78, 5) is 17.3. The smallest absolute Gasteiger partial charge is 0.228 e. The van der Waals surface area contributed by atoms with Gasteiger partial charge in [0.2, 0.25) is 5.95 Å². The lowest BCUT2D eigenvalue weighted by molar-refractivity contribution is 0.122. The number of anilines is 3. The second-order valence-electron chi connectivity index (χ2n) is 7.14. The summed E-state index contributed by atoms with van der Waals surface area (Å²) in [5.74, 6) is -1.42. The number of hydrogen-bond donors (Lipinski definition) is 1.